The topological polar surface area (TPSA) is 240 Å². The van der Waals surface area contributed by atoms with Gasteiger partial charge in [-0.25, -0.2) is 8.78 Å². The second-order valence-electron chi connectivity index (χ2n) is 15.0. The van der Waals surface area contributed by atoms with Gasteiger partial charge >= 0.3 is 0 Å². The summed E-state index contributed by atoms with van der Waals surface area (Å²) in [6.07, 6.45) is -0.0813. The second kappa shape index (κ2) is 23.1. The van der Waals surface area contributed by atoms with E-state index in [1.807, 2.05) is 0 Å². The Balaban J connectivity index is 0.734. The number of amides is 7. The number of anilines is 2. The molecule has 21 heteroatoms. The Morgan fingerprint density at radius 1 is 0.754 bits per heavy atom. The summed E-state index contributed by atoms with van der Waals surface area (Å²) in [4.78, 5) is 90.6. The zero-order valence-electron chi connectivity index (χ0n) is 35.4. The number of nitrogens with zero attached hydrogens (tertiary/aromatic N) is 2. The largest absolute Gasteiger partial charge is 0.382 e. The zero-order chi connectivity index (χ0) is 46.3. The first-order valence-corrected chi connectivity index (χ1v) is 21.0. The number of hydrogen-bond donors (Lipinski definition) is 5. The first-order valence-electron chi connectivity index (χ1n) is 21.0. The molecule has 3 aromatic rings. The number of nitrogens with one attached hydrogen (secondary N) is 4. The van der Waals surface area contributed by atoms with Crippen molar-refractivity contribution in [3.8, 4) is 0 Å². The molecule has 3 aliphatic rings. The molecule has 0 saturated carbocycles. The third-order valence-corrected chi connectivity index (χ3v) is 10.5. The molecule has 0 bridgehead atoms. The van der Waals surface area contributed by atoms with Crippen LogP contribution in [0.2, 0.25) is 0 Å². The summed E-state index contributed by atoms with van der Waals surface area (Å²) in [6.45, 7) is 3.55. The molecular formula is C44H50F2N6O13. The van der Waals surface area contributed by atoms with Crippen molar-refractivity contribution in [1.29, 1.82) is 0 Å². The zero-order valence-corrected chi connectivity index (χ0v) is 35.4. The first-order chi connectivity index (χ1) is 31.4. The van der Waals surface area contributed by atoms with E-state index in [2.05, 4.69) is 21.3 Å². The molecule has 2 atom stereocenters. The molecule has 2 saturated heterocycles. The molecule has 5 N–H and O–H groups in total. The van der Waals surface area contributed by atoms with Crippen molar-refractivity contribution in [2.24, 2.45) is 0 Å². The van der Waals surface area contributed by atoms with Crippen LogP contribution in [0.4, 0.5) is 20.2 Å². The Hall–Kier alpha value is -6.23. The molecule has 7 amide bonds. The Morgan fingerprint density at radius 3 is 1.97 bits per heavy atom. The molecule has 0 radical (unpaired) electrons. The van der Waals surface area contributed by atoms with E-state index in [0.717, 1.165) is 17.0 Å². The maximum Gasteiger partial charge on any atom is 0.268 e. The highest BCUT2D eigenvalue weighted by molar-refractivity contribution is 6.25. The molecule has 3 aromatic carbocycles. The van der Waals surface area contributed by atoms with Gasteiger partial charge in [0.25, 0.3) is 29.5 Å². The van der Waals surface area contributed by atoms with Crippen LogP contribution in [0.3, 0.4) is 0 Å². The lowest BCUT2D eigenvalue weighted by atomic mass is 10.0. The highest BCUT2D eigenvalue weighted by Crippen LogP contribution is 2.33. The molecule has 19 nitrogen and oxygen atoms in total. The summed E-state index contributed by atoms with van der Waals surface area (Å²) in [7, 11) is 0. The number of hydrogen-bond acceptors (Lipinski definition) is 14. The smallest absolute Gasteiger partial charge is 0.268 e. The Bertz CT molecular complexity index is 2210. The molecule has 348 valence electrons. The third kappa shape index (κ3) is 12.5. The summed E-state index contributed by atoms with van der Waals surface area (Å²) in [6, 6.07) is 12.6. The van der Waals surface area contributed by atoms with Crippen LogP contribution >= 0.6 is 0 Å². The quantitative estimate of drug-likeness (QED) is 0.0455. The molecule has 65 heavy (non-hydrogen) atoms. The summed E-state index contributed by atoms with van der Waals surface area (Å²) in [5, 5.41) is 21.3. The fourth-order valence-corrected chi connectivity index (χ4v) is 7.24. The lowest BCUT2D eigenvalue weighted by molar-refractivity contribution is -0.149. The number of imide groups is 2. The monoisotopic (exact) mass is 908 g/mol. The summed E-state index contributed by atoms with van der Waals surface area (Å²) >= 11 is 0. The van der Waals surface area contributed by atoms with Crippen LogP contribution in [0.25, 0.3) is 0 Å². The molecule has 0 aliphatic carbocycles. The van der Waals surface area contributed by atoms with Crippen molar-refractivity contribution >= 4 is 52.7 Å². The van der Waals surface area contributed by atoms with Gasteiger partial charge in [0.1, 0.15) is 17.7 Å². The van der Waals surface area contributed by atoms with E-state index in [1.165, 1.54) is 35.2 Å². The number of halogens is 2. The SMILES string of the molecule is O=C1CCC(N2C(=O)c3cccc(NCCOCCOCCOCCOCCOCCNC(=O)c4ccc(N5CCC(O)(C(=O)NCc6cc(F)cc(F)c6)C5=O)cc4)c3C2=O)C(=O)N1. The standard InChI is InChI=1S/C44H50F2N6O13/c45-30-24-28(25-31(46)26-30)27-49-42(58)44(60)10-13-51(43(44)59)32-6-4-29(5-7-32)38(54)48-12-15-62-17-19-64-21-23-65-22-20-63-18-16-61-14-11-47-34-3-1-2-33-37(34)41(57)52(40(33)56)35-8-9-36(53)50-39(35)55/h1-7,24-26,35,47,60H,8-23,27H2,(H,48,54)(H,49,58)(H,50,53,55). The average molecular weight is 909 g/mol. The van der Waals surface area contributed by atoms with E-state index in [1.54, 1.807) is 12.1 Å². The van der Waals surface area contributed by atoms with Crippen molar-refractivity contribution in [2.45, 2.75) is 37.5 Å². The molecule has 6 rings (SSSR count). The highest BCUT2D eigenvalue weighted by Gasteiger charge is 2.52. The van der Waals surface area contributed by atoms with Crippen LogP contribution in [0.5, 0.6) is 0 Å². The van der Waals surface area contributed by atoms with E-state index in [-0.39, 0.29) is 68.1 Å². The van der Waals surface area contributed by atoms with Gasteiger partial charge in [-0.15, -0.1) is 0 Å². The van der Waals surface area contributed by atoms with Crippen LogP contribution in [0, 0.1) is 11.6 Å². The molecule has 0 spiro atoms. The summed E-state index contributed by atoms with van der Waals surface area (Å²) < 4.78 is 54.5. The van der Waals surface area contributed by atoms with Crippen LogP contribution in [0.15, 0.2) is 60.7 Å². The van der Waals surface area contributed by atoms with Crippen molar-refractivity contribution < 1.29 is 71.1 Å². The average Bonchev–Trinajstić information content (AvgIpc) is 3.73. The predicted molar refractivity (Wildman–Crippen MR) is 225 cm³/mol. The predicted octanol–water partition coefficient (Wildman–Crippen LogP) is 1.08. The molecule has 0 aromatic heterocycles. The third-order valence-electron chi connectivity index (χ3n) is 10.5. The first kappa shape index (κ1) is 48.2. The normalized spacial score (nSPS) is 18.3. The number of rotatable bonds is 25. The van der Waals surface area contributed by atoms with Gasteiger partial charge in [0.05, 0.1) is 77.2 Å². The van der Waals surface area contributed by atoms with Gasteiger partial charge in [-0.05, 0) is 60.5 Å². The van der Waals surface area contributed by atoms with E-state index in [0.29, 0.717) is 89.0 Å². The number of piperidine rings is 1. The van der Waals surface area contributed by atoms with E-state index < -0.39 is 58.7 Å². The summed E-state index contributed by atoms with van der Waals surface area (Å²) in [5.74, 6) is -6.13. The minimum atomic E-state index is -2.36. The Morgan fingerprint density at radius 2 is 1.35 bits per heavy atom. The minimum absolute atomic E-state index is 0.0304. The molecule has 3 aliphatic heterocycles. The molecule has 3 heterocycles. The second-order valence-corrected chi connectivity index (χ2v) is 15.0. The van der Waals surface area contributed by atoms with Crippen molar-refractivity contribution in [1.82, 2.24) is 20.9 Å². The van der Waals surface area contributed by atoms with E-state index >= 15 is 0 Å². The molecule has 2 unspecified atom stereocenters. The number of ether oxygens (including phenoxy) is 5. The van der Waals surface area contributed by atoms with Crippen LogP contribution in [-0.2, 0) is 49.4 Å². The minimum Gasteiger partial charge on any atom is -0.382 e. The number of fused-ring (bicyclic) bond motifs is 1. The highest BCUT2D eigenvalue weighted by atomic mass is 19.1. The fourth-order valence-electron chi connectivity index (χ4n) is 7.24. The van der Waals surface area contributed by atoms with Gasteiger partial charge in [0, 0.05) is 62.0 Å². The Labute approximate surface area is 372 Å². The molecule has 2 fully saturated rings. The van der Waals surface area contributed by atoms with Gasteiger partial charge < -0.3 is 49.6 Å². The van der Waals surface area contributed by atoms with Crippen LogP contribution in [0.1, 0.15) is 55.9 Å². The van der Waals surface area contributed by atoms with E-state index in [9.17, 15) is 47.4 Å². The maximum atomic E-state index is 13.5. The Kier molecular flexibility index (Phi) is 17.1. The van der Waals surface area contributed by atoms with Crippen LogP contribution < -0.4 is 26.2 Å². The number of carbonyl (C=O) groups excluding carboxylic acids is 7. The van der Waals surface area contributed by atoms with Crippen molar-refractivity contribution in [2.75, 3.05) is 95.9 Å². The van der Waals surface area contributed by atoms with Gasteiger partial charge in [-0.2, -0.15) is 0 Å². The van der Waals surface area contributed by atoms with E-state index in [4.69, 9.17) is 23.7 Å². The van der Waals surface area contributed by atoms with Gasteiger partial charge in [-0.1, -0.05) is 6.07 Å². The summed E-state index contributed by atoms with van der Waals surface area (Å²) in [5.41, 5.74) is -0.728. The van der Waals surface area contributed by atoms with Crippen molar-refractivity contribution in [3.05, 3.63) is 94.6 Å². The van der Waals surface area contributed by atoms with Gasteiger partial charge in [0.15, 0.2) is 0 Å². The molecular weight excluding hydrogens is 859 g/mol. The number of aliphatic hydroxyl groups is 1. The maximum absolute atomic E-state index is 13.5. The fraction of sp³-hybridized carbons (Fsp3) is 0.432. The number of benzene rings is 3. The lowest BCUT2D eigenvalue weighted by Gasteiger charge is -2.27. The number of carbonyl (C=O) groups is 7. The van der Waals surface area contributed by atoms with Gasteiger partial charge in [-0.3, -0.25) is 43.8 Å². The van der Waals surface area contributed by atoms with Crippen molar-refractivity contribution in [3.63, 3.8) is 0 Å². The van der Waals surface area contributed by atoms with Crippen LogP contribution in [-0.4, -0.2) is 149 Å². The van der Waals surface area contributed by atoms with Gasteiger partial charge in [0.2, 0.25) is 17.4 Å². The lowest BCUT2D eigenvalue weighted by Crippen LogP contribution is -2.54.